The molecule has 1 aliphatic carbocycles. The minimum atomic E-state index is 0.381. The van der Waals surface area contributed by atoms with Crippen molar-refractivity contribution in [3.63, 3.8) is 0 Å². The van der Waals surface area contributed by atoms with Gasteiger partial charge in [0.05, 0.1) is 13.2 Å². The smallest absolute Gasteiger partial charge is 0.124 e. The van der Waals surface area contributed by atoms with E-state index in [2.05, 4.69) is 24.4 Å². The molecule has 0 bridgehead atoms. The van der Waals surface area contributed by atoms with Gasteiger partial charge in [0, 0.05) is 12.1 Å². The molecule has 0 spiro atoms. The Kier molecular flexibility index (Phi) is 6.19. The molecule has 1 N–H and O–H groups in total. The molecule has 3 heteroatoms. The average Bonchev–Trinajstić information content (AvgIpc) is 2.75. The summed E-state index contributed by atoms with van der Waals surface area (Å²) in [7, 11) is 1.71. The molecular weight excluding hydrogens is 250 g/mol. The highest BCUT2D eigenvalue weighted by Crippen LogP contribution is 2.28. The zero-order chi connectivity index (χ0) is 14.2. The molecule has 1 fully saturated rings. The molecule has 0 amide bonds. The van der Waals surface area contributed by atoms with Crippen LogP contribution in [0.15, 0.2) is 18.2 Å². The predicted molar refractivity (Wildman–Crippen MR) is 82.5 cm³/mol. The SMILES string of the molecule is CCNCc1cc(OC)ccc1OC1CCCCCC1. The van der Waals surface area contributed by atoms with Crippen molar-refractivity contribution >= 4 is 0 Å². The summed E-state index contributed by atoms with van der Waals surface area (Å²) in [5.74, 6) is 1.91. The zero-order valence-electron chi connectivity index (χ0n) is 12.8. The van der Waals surface area contributed by atoms with Crippen molar-refractivity contribution in [2.45, 2.75) is 58.1 Å². The Balaban J connectivity index is 2.07. The first-order valence-corrected chi connectivity index (χ1v) is 7.87. The Hall–Kier alpha value is -1.22. The van der Waals surface area contributed by atoms with Crippen molar-refractivity contribution in [1.29, 1.82) is 0 Å². The first-order valence-electron chi connectivity index (χ1n) is 7.87. The van der Waals surface area contributed by atoms with E-state index in [0.717, 1.165) is 24.6 Å². The second-order valence-electron chi connectivity index (χ2n) is 5.49. The van der Waals surface area contributed by atoms with E-state index in [1.54, 1.807) is 7.11 Å². The Morgan fingerprint density at radius 2 is 1.90 bits per heavy atom. The number of hydrogen-bond donors (Lipinski definition) is 1. The molecule has 0 unspecified atom stereocenters. The largest absolute Gasteiger partial charge is 0.497 e. The molecule has 1 aliphatic rings. The van der Waals surface area contributed by atoms with Crippen LogP contribution in [0.5, 0.6) is 11.5 Å². The van der Waals surface area contributed by atoms with Crippen LogP contribution in [-0.4, -0.2) is 19.8 Å². The van der Waals surface area contributed by atoms with Crippen LogP contribution in [0.2, 0.25) is 0 Å². The van der Waals surface area contributed by atoms with Crippen LogP contribution >= 0.6 is 0 Å². The van der Waals surface area contributed by atoms with Gasteiger partial charge in [0.2, 0.25) is 0 Å². The van der Waals surface area contributed by atoms with Gasteiger partial charge in [-0.1, -0.05) is 19.8 Å². The molecular formula is C17H27NO2. The van der Waals surface area contributed by atoms with Crippen LogP contribution in [0.3, 0.4) is 0 Å². The lowest BCUT2D eigenvalue weighted by Crippen LogP contribution is -2.18. The zero-order valence-corrected chi connectivity index (χ0v) is 12.8. The number of methoxy groups -OCH3 is 1. The number of benzene rings is 1. The van der Waals surface area contributed by atoms with Crippen molar-refractivity contribution in [3.8, 4) is 11.5 Å². The van der Waals surface area contributed by atoms with E-state index in [4.69, 9.17) is 9.47 Å². The van der Waals surface area contributed by atoms with Crippen molar-refractivity contribution in [2.75, 3.05) is 13.7 Å². The van der Waals surface area contributed by atoms with Crippen LogP contribution < -0.4 is 14.8 Å². The summed E-state index contributed by atoms with van der Waals surface area (Å²) < 4.78 is 11.6. The van der Waals surface area contributed by atoms with E-state index in [1.807, 2.05) is 6.07 Å². The third-order valence-electron chi connectivity index (χ3n) is 3.93. The predicted octanol–water partition coefficient (Wildman–Crippen LogP) is 3.91. The number of nitrogens with one attached hydrogen (secondary N) is 1. The van der Waals surface area contributed by atoms with E-state index < -0.39 is 0 Å². The van der Waals surface area contributed by atoms with E-state index in [9.17, 15) is 0 Å². The van der Waals surface area contributed by atoms with Gasteiger partial charge in [-0.2, -0.15) is 0 Å². The molecule has 0 atom stereocenters. The van der Waals surface area contributed by atoms with Crippen molar-refractivity contribution in [3.05, 3.63) is 23.8 Å². The maximum Gasteiger partial charge on any atom is 0.124 e. The minimum absolute atomic E-state index is 0.381. The fourth-order valence-electron chi connectivity index (χ4n) is 2.73. The van der Waals surface area contributed by atoms with Crippen LogP contribution in [-0.2, 0) is 6.54 Å². The lowest BCUT2D eigenvalue weighted by atomic mass is 10.1. The van der Waals surface area contributed by atoms with E-state index in [0.29, 0.717) is 6.10 Å². The van der Waals surface area contributed by atoms with E-state index >= 15 is 0 Å². The lowest BCUT2D eigenvalue weighted by molar-refractivity contribution is 0.181. The highest BCUT2D eigenvalue weighted by atomic mass is 16.5. The normalized spacial score (nSPS) is 16.7. The molecule has 3 nitrogen and oxygen atoms in total. The summed E-state index contributed by atoms with van der Waals surface area (Å²) in [5.41, 5.74) is 1.19. The number of hydrogen-bond acceptors (Lipinski definition) is 3. The number of rotatable bonds is 6. The fourth-order valence-corrected chi connectivity index (χ4v) is 2.73. The van der Waals surface area contributed by atoms with Crippen molar-refractivity contribution in [1.82, 2.24) is 5.32 Å². The summed E-state index contributed by atoms with van der Waals surface area (Å²) in [5, 5.41) is 3.37. The molecule has 2 rings (SSSR count). The first-order chi connectivity index (χ1) is 9.83. The summed E-state index contributed by atoms with van der Waals surface area (Å²) in [6, 6.07) is 6.12. The fraction of sp³-hybridized carbons (Fsp3) is 0.647. The highest BCUT2D eigenvalue weighted by molar-refractivity contribution is 5.40. The molecule has 0 heterocycles. The van der Waals surface area contributed by atoms with Gasteiger partial charge in [-0.15, -0.1) is 0 Å². The van der Waals surface area contributed by atoms with E-state index in [1.165, 1.54) is 44.1 Å². The second kappa shape index (κ2) is 8.15. The van der Waals surface area contributed by atoms with Crippen LogP contribution in [0.25, 0.3) is 0 Å². The molecule has 112 valence electrons. The van der Waals surface area contributed by atoms with Crippen LogP contribution in [0.4, 0.5) is 0 Å². The molecule has 0 aromatic heterocycles. The Labute approximate surface area is 122 Å². The maximum atomic E-state index is 6.27. The third-order valence-corrected chi connectivity index (χ3v) is 3.93. The van der Waals surface area contributed by atoms with Gasteiger partial charge in [0.15, 0.2) is 0 Å². The molecule has 1 aromatic carbocycles. The van der Waals surface area contributed by atoms with Gasteiger partial charge >= 0.3 is 0 Å². The highest BCUT2D eigenvalue weighted by Gasteiger charge is 2.15. The first kappa shape index (κ1) is 15.2. The maximum absolute atomic E-state index is 6.27. The molecule has 1 aromatic rings. The van der Waals surface area contributed by atoms with Crippen molar-refractivity contribution < 1.29 is 9.47 Å². The summed E-state index contributed by atoms with van der Waals surface area (Å²) in [6.07, 6.45) is 8.05. The van der Waals surface area contributed by atoms with Crippen molar-refractivity contribution in [2.24, 2.45) is 0 Å². The Bertz CT molecular complexity index is 398. The quantitative estimate of drug-likeness (QED) is 0.800. The average molecular weight is 277 g/mol. The summed E-state index contributed by atoms with van der Waals surface area (Å²) in [6.45, 7) is 3.90. The van der Waals surface area contributed by atoms with Gasteiger partial charge in [-0.25, -0.2) is 0 Å². The minimum Gasteiger partial charge on any atom is -0.497 e. The molecule has 0 aliphatic heterocycles. The third kappa shape index (κ3) is 4.41. The summed E-state index contributed by atoms with van der Waals surface area (Å²) >= 11 is 0. The van der Waals surface area contributed by atoms with Gasteiger partial charge in [-0.05, 0) is 50.4 Å². The van der Waals surface area contributed by atoms with Gasteiger partial charge in [-0.3, -0.25) is 0 Å². The van der Waals surface area contributed by atoms with Gasteiger partial charge < -0.3 is 14.8 Å². The monoisotopic (exact) mass is 277 g/mol. The van der Waals surface area contributed by atoms with Crippen LogP contribution in [0, 0.1) is 0 Å². The lowest BCUT2D eigenvalue weighted by Gasteiger charge is -2.20. The molecule has 0 radical (unpaired) electrons. The second-order valence-corrected chi connectivity index (χ2v) is 5.49. The standard InChI is InChI=1S/C17H27NO2/c1-3-18-13-14-12-16(19-2)10-11-17(14)20-15-8-6-4-5-7-9-15/h10-12,15,18H,3-9,13H2,1-2H3. The molecule has 20 heavy (non-hydrogen) atoms. The van der Waals surface area contributed by atoms with Gasteiger partial charge in [0.25, 0.3) is 0 Å². The topological polar surface area (TPSA) is 30.5 Å². The summed E-state index contributed by atoms with van der Waals surface area (Å²) in [4.78, 5) is 0. The van der Waals surface area contributed by atoms with Gasteiger partial charge in [0.1, 0.15) is 11.5 Å². The van der Waals surface area contributed by atoms with Crippen LogP contribution in [0.1, 0.15) is 51.0 Å². The Morgan fingerprint density at radius 3 is 2.55 bits per heavy atom. The molecule has 1 saturated carbocycles. The van der Waals surface area contributed by atoms with E-state index in [-0.39, 0.29) is 0 Å². The Morgan fingerprint density at radius 1 is 1.15 bits per heavy atom. The number of ether oxygens (including phenoxy) is 2. The molecule has 0 saturated heterocycles.